The van der Waals surface area contributed by atoms with Crippen LogP contribution in [-0.2, 0) is 4.79 Å². The van der Waals surface area contributed by atoms with Crippen LogP contribution >= 0.6 is 11.6 Å². The van der Waals surface area contributed by atoms with Crippen molar-refractivity contribution in [3.8, 4) is 0 Å². The van der Waals surface area contributed by atoms with Gasteiger partial charge in [0.1, 0.15) is 0 Å². The first-order valence-corrected chi connectivity index (χ1v) is 7.56. The van der Waals surface area contributed by atoms with Gasteiger partial charge in [-0.2, -0.15) is 0 Å². The fourth-order valence-electron chi connectivity index (χ4n) is 1.88. The average Bonchev–Trinajstić information content (AvgIpc) is 2.45. The van der Waals surface area contributed by atoms with Crippen LogP contribution in [0.15, 0.2) is 24.3 Å². The molecule has 0 heterocycles. The third-order valence-corrected chi connectivity index (χ3v) is 3.35. The molecule has 0 fully saturated rings. The van der Waals surface area contributed by atoms with Crippen LogP contribution in [0.5, 0.6) is 0 Å². The summed E-state index contributed by atoms with van der Waals surface area (Å²) in [7, 11) is 0. The number of halogens is 1. The van der Waals surface area contributed by atoms with E-state index in [0.717, 1.165) is 12.8 Å². The summed E-state index contributed by atoms with van der Waals surface area (Å²) < 4.78 is 0. The molecule has 0 bridgehead atoms. The number of hydrogen-bond donors (Lipinski definition) is 1. The van der Waals surface area contributed by atoms with Crippen molar-refractivity contribution in [1.29, 1.82) is 0 Å². The Hall–Kier alpha value is -1.35. The van der Waals surface area contributed by atoms with Crippen molar-refractivity contribution in [3.05, 3.63) is 34.9 Å². The fraction of sp³-hybridized carbons (Fsp3) is 0.500. The SMILES string of the molecule is CCCCCCNC(=O)CCC(=O)c1ccc(Cl)cc1. The van der Waals surface area contributed by atoms with Gasteiger partial charge >= 0.3 is 0 Å². The van der Waals surface area contributed by atoms with Crippen molar-refractivity contribution in [1.82, 2.24) is 5.32 Å². The average molecular weight is 296 g/mol. The van der Waals surface area contributed by atoms with Gasteiger partial charge in [0.05, 0.1) is 0 Å². The number of Topliss-reactive ketones (excluding diaryl/α,β-unsaturated/α-hetero) is 1. The predicted molar refractivity (Wildman–Crippen MR) is 82.2 cm³/mol. The molecule has 0 unspecified atom stereocenters. The van der Waals surface area contributed by atoms with Gasteiger partial charge in [0, 0.05) is 30.0 Å². The summed E-state index contributed by atoms with van der Waals surface area (Å²) in [5, 5.41) is 3.45. The molecule has 0 saturated carbocycles. The molecular formula is C16H22ClNO2. The van der Waals surface area contributed by atoms with E-state index in [-0.39, 0.29) is 24.5 Å². The standard InChI is InChI=1S/C16H22ClNO2/c1-2-3-4-5-12-18-16(20)11-10-15(19)13-6-8-14(17)9-7-13/h6-9H,2-5,10-12H2,1H3,(H,18,20). The fourth-order valence-corrected chi connectivity index (χ4v) is 2.00. The maximum Gasteiger partial charge on any atom is 0.220 e. The molecule has 0 aliphatic heterocycles. The number of hydrogen-bond acceptors (Lipinski definition) is 2. The minimum Gasteiger partial charge on any atom is -0.356 e. The molecule has 0 spiro atoms. The van der Waals surface area contributed by atoms with Gasteiger partial charge in [-0.1, -0.05) is 37.8 Å². The number of benzene rings is 1. The predicted octanol–water partition coefficient (Wildman–Crippen LogP) is 4.00. The molecule has 110 valence electrons. The molecule has 1 N–H and O–H groups in total. The minimum atomic E-state index is -0.0520. The van der Waals surface area contributed by atoms with E-state index in [0.29, 0.717) is 17.1 Å². The molecule has 1 aromatic rings. The van der Waals surface area contributed by atoms with Crippen LogP contribution in [-0.4, -0.2) is 18.2 Å². The van der Waals surface area contributed by atoms with E-state index in [1.165, 1.54) is 12.8 Å². The molecule has 3 nitrogen and oxygen atoms in total. The third-order valence-electron chi connectivity index (χ3n) is 3.10. The van der Waals surface area contributed by atoms with E-state index in [1.807, 2.05) is 0 Å². The third kappa shape index (κ3) is 6.71. The van der Waals surface area contributed by atoms with Crippen molar-refractivity contribution in [2.24, 2.45) is 0 Å². The molecule has 1 amide bonds. The maximum absolute atomic E-state index is 11.9. The Morgan fingerprint density at radius 2 is 1.75 bits per heavy atom. The topological polar surface area (TPSA) is 46.2 Å². The Morgan fingerprint density at radius 1 is 1.05 bits per heavy atom. The minimum absolute atomic E-state index is 0.0252. The van der Waals surface area contributed by atoms with Gasteiger partial charge in [-0.05, 0) is 30.7 Å². The molecular weight excluding hydrogens is 274 g/mol. The first-order chi connectivity index (χ1) is 9.63. The van der Waals surface area contributed by atoms with Gasteiger partial charge in [0.25, 0.3) is 0 Å². The highest BCUT2D eigenvalue weighted by atomic mass is 35.5. The first kappa shape index (κ1) is 16.7. The van der Waals surface area contributed by atoms with E-state index >= 15 is 0 Å². The molecule has 0 atom stereocenters. The Balaban J connectivity index is 2.20. The molecule has 4 heteroatoms. The molecule has 0 radical (unpaired) electrons. The van der Waals surface area contributed by atoms with Crippen LogP contribution in [0.4, 0.5) is 0 Å². The van der Waals surface area contributed by atoms with Crippen LogP contribution in [0.25, 0.3) is 0 Å². The van der Waals surface area contributed by atoms with Crippen molar-refractivity contribution in [3.63, 3.8) is 0 Å². The highest BCUT2D eigenvalue weighted by molar-refractivity contribution is 6.30. The highest BCUT2D eigenvalue weighted by Gasteiger charge is 2.08. The van der Waals surface area contributed by atoms with Crippen molar-refractivity contribution < 1.29 is 9.59 Å². The summed E-state index contributed by atoms with van der Waals surface area (Å²) in [6, 6.07) is 6.74. The summed E-state index contributed by atoms with van der Waals surface area (Å²) in [5.74, 6) is -0.0772. The van der Waals surface area contributed by atoms with Gasteiger partial charge in [-0.25, -0.2) is 0 Å². The molecule has 0 aliphatic carbocycles. The monoisotopic (exact) mass is 295 g/mol. The Bertz CT molecular complexity index is 429. The van der Waals surface area contributed by atoms with Gasteiger partial charge < -0.3 is 5.32 Å². The first-order valence-electron chi connectivity index (χ1n) is 7.19. The number of carbonyl (C=O) groups excluding carboxylic acids is 2. The van der Waals surface area contributed by atoms with Crippen LogP contribution in [0.1, 0.15) is 55.8 Å². The number of ketones is 1. The Labute approximate surface area is 125 Å². The van der Waals surface area contributed by atoms with Crippen molar-refractivity contribution >= 4 is 23.3 Å². The summed E-state index contributed by atoms with van der Waals surface area (Å²) >= 11 is 5.76. The Morgan fingerprint density at radius 3 is 2.40 bits per heavy atom. The Kier molecular flexibility index (Phi) is 7.97. The highest BCUT2D eigenvalue weighted by Crippen LogP contribution is 2.11. The second-order valence-electron chi connectivity index (χ2n) is 4.84. The lowest BCUT2D eigenvalue weighted by Crippen LogP contribution is -2.24. The summed E-state index contributed by atoms with van der Waals surface area (Å²) in [6.07, 6.45) is 5.01. The number of carbonyl (C=O) groups is 2. The van der Waals surface area contributed by atoms with Crippen LogP contribution in [0.2, 0.25) is 5.02 Å². The normalized spacial score (nSPS) is 10.3. The molecule has 0 aliphatic rings. The lowest BCUT2D eigenvalue weighted by Gasteiger charge is -2.05. The lowest BCUT2D eigenvalue weighted by molar-refractivity contribution is -0.121. The van der Waals surface area contributed by atoms with Crippen LogP contribution in [0.3, 0.4) is 0 Å². The lowest BCUT2D eigenvalue weighted by atomic mass is 10.1. The van der Waals surface area contributed by atoms with E-state index in [4.69, 9.17) is 11.6 Å². The molecule has 1 aromatic carbocycles. The quantitative estimate of drug-likeness (QED) is 0.553. The van der Waals surface area contributed by atoms with Gasteiger partial charge in [-0.3, -0.25) is 9.59 Å². The summed E-state index contributed by atoms with van der Waals surface area (Å²) in [6.45, 7) is 2.86. The van der Waals surface area contributed by atoms with E-state index in [2.05, 4.69) is 12.2 Å². The van der Waals surface area contributed by atoms with Gasteiger partial charge in [0.2, 0.25) is 5.91 Å². The van der Waals surface area contributed by atoms with Gasteiger partial charge in [-0.15, -0.1) is 0 Å². The summed E-state index contributed by atoms with van der Waals surface area (Å²) in [4.78, 5) is 23.4. The largest absolute Gasteiger partial charge is 0.356 e. The zero-order valence-corrected chi connectivity index (χ0v) is 12.7. The van der Waals surface area contributed by atoms with Gasteiger partial charge in [0.15, 0.2) is 5.78 Å². The second-order valence-corrected chi connectivity index (χ2v) is 5.28. The second kappa shape index (κ2) is 9.54. The smallest absolute Gasteiger partial charge is 0.220 e. The van der Waals surface area contributed by atoms with E-state index in [1.54, 1.807) is 24.3 Å². The van der Waals surface area contributed by atoms with Crippen LogP contribution < -0.4 is 5.32 Å². The molecule has 0 saturated heterocycles. The van der Waals surface area contributed by atoms with E-state index in [9.17, 15) is 9.59 Å². The van der Waals surface area contributed by atoms with Crippen LogP contribution in [0, 0.1) is 0 Å². The zero-order chi connectivity index (χ0) is 14.8. The number of unbranched alkanes of at least 4 members (excludes halogenated alkanes) is 3. The van der Waals surface area contributed by atoms with Crippen molar-refractivity contribution in [2.45, 2.75) is 45.4 Å². The number of amides is 1. The number of rotatable bonds is 9. The molecule has 1 rings (SSSR count). The summed E-state index contributed by atoms with van der Waals surface area (Å²) in [5.41, 5.74) is 0.602. The maximum atomic E-state index is 11.9. The zero-order valence-electron chi connectivity index (χ0n) is 12.0. The number of nitrogens with one attached hydrogen (secondary N) is 1. The van der Waals surface area contributed by atoms with E-state index < -0.39 is 0 Å². The molecule has 0 aromatic heterocycles. The van der Waals surface area contributed by atoms with Crippen molar-refractivity contribution in [2.75, 3.05) is 6.54 Å². The molecule has 20 heavy (non-hydrogen) atoms.